The van der Waals surface area contributed by atoms with E-state index in [1.807, 2.05) is 0 Å². The van der Waals surface area contributed by atoms with Gasteiger partial charge in [-0.15, -0.1) is 0 Å². The van der Waals surface area contributed by atoms with Crippen LogP contribution < -0.4 is 10.9 Å². The molecule has 0 radical (unpaired) electrons. The molecule has 4 heteroatoms. The fraction of sp³-hybridized carbons (Fsp3) is 0.571. The van der Waals surface area contributed by atoms with Gasteiger partial charge in [0.15, 0.2) is 0 Å². The van der Waals surface area contributed by atoms with E-state index in [0.717, 1.165) is 43.4 Å². The molecule has 2 aliphatic carbocycles. The van der Waals surface area contributed by atoms with Crippen molar-refractivity contribution in [3.05, 3.63) is 33.2 Å². The number of hydrogen-bond donors (Lipinski definition) is 2. The van der Waals surface area contributed by atoms with Crippen LogP contribution in [-0.4, -0.2) is 16.9 Å². The van der Waals surface area contributed by atoms with Gasteiger partial charge in [0.1, 0.15) is 5.56 Å². The Morgan fingerprint density at radius 3 is 2.89 bits per heavy atom. The Hall–Kier alpha value is -1.58. The van der Waals surface area contributed by atoms with Gasteiger partial charge in [0.05, 0.1) is 0 Å². The van der Waals surface area contributed by atoms with Gasteiger partial charge in [0.2, 0.25) is 0 Å². The van der Waals surface area contributed by atoms with Crippen molar-refractivity contribution >= 4 is 5.91 Å². The van der Waals surface area contributed by atoms with Crippen LogP contribution in [0.15, 0.2) is 10.9 Å². The molecule has 3 rings (SSSR count). The second-order valence-electron chi connectivity index (χ2n) is 5.61. The third-order valence-corrected chi connectivity index (χ3v) is 3.83. The number of hydrogen-bond acceptors (Lipinski definition) is 2. The molecule has 18 heavy (non-hydrogen) atoms. The molecule has 0 bridgehead atoms. The number of aromatic amines is 1. The first-order chi connectivity index (χ1) is 8.63. The van der Waals surface area contributed by atoms with Crippen LogP contribution >= 0.6 is 0 Å². The Morgan fingerprint density at radius 2 is 2.17 bits per heavy atom. The van der Waals surface area contributed by atoms with Crippen molar-refractivity contribution in [3.8, 4) is 0 Å². The van der Waals surface area contributed by atoms with Crippen LogP contribution in [0.1, 0.15) is 47.8 Å². The van der Waals surface area contributed by atoms with Crippen LogP contribution in [0.5, 0.6) is 0 Å². The predicted octanol–water partition coefficient (Wildman–Crippen LogP) is 1.39. The summed E-state index contributed by atoms with van der Waals surface area (Å²) in [5, 5.41) is 2.87. The zero-order valence-corrected chi connectivity index (χ0v) is 10.6. The van der Waals surface area contributed by atoms with Gasteiger partial charge in [-0.05, 0) is 49.7 Å². The van der Waals surface area contributed by atoms with E-state index in [2.05, 4.69) is 17.2 Å². The van der Waals surface area contributed by atoms with Crippen LogP contribution in [0.25, 0.3) is 0 Å². The maximum absolute atomic E-state index is 12.0. The van der Waals surface area contributed by atoms with Crippen LogP contribution in [0.4, 0.5) is 0 Å². The lowest BCUT2D eigenvalue weighted by molar-refractivity contribution is 0.0949. The summed E-state index contributed by atoms with van der Waals surface area (Å²) in [7, 11) is 0. The van der Waals surface area contributed by atoms with Gasteiger partial charge in [0, 0.05) is 11.7 Å². The van der Waals surface area contributed by atoms with Gasteiger partial charge < -0.3 is 10.3 Å². The number of carbonyl (C=O) groups excluding carboxylic acids is 1. The molecule has 0 spiro atoms. The number of pyridine rings is 1. The molecule has 0 aromatic carbocycles. The summed E-state index contributed by atoms with van der Waals surface area (Å²) in [6.45, 7) is 2.21. The Morgan fingerprint density at radius 1 is 1.39 bits per heavy atom. The second-order valence-corrected chi connectivity index (χ2v) is 5.61. The Kier molecular flexibility index (Phi) is 2.73. The molecular formula is C14H18N2O2. The minimum absolute atomic E-state index is 0.222. The molecular weight excluding hydrogens is 228 g/mol. The molecule has 2 aliphatic rings. The highest BCUT2D eigenvalue weighted by Crippen LogP contribution is 2.24. The molecule has 1 unspecified atom stereocenters. The predicted molar refractivity (Wildman–Crippen MR) is 68.7 cm³/mol. The Bertz CT molecular complexity index is 543. The topological polar surface area (TPSA) is 62.0 Å². The van der Waals surface area contributed by atoms with Crippen molar-refractivity contribution in [1.82, 2.24) is 10.3 Å². The average molecular weight is 246 g/mol. The Labute approximate surface area is 106 Å². The van der Waals surface area contributed by atoms with E-state index >= 15 is 0 Å². The van der Waals surface area contributed by atoms with Gasteiger partial charge in [-0.25, -0.2) is 0 Å². The van der Waals surface area contributed by atoms with Crippen molar-refractivity contribution in [2.75, 3.05) is 0 Å². The number of fused-ring (bicyclic) bond motifs is 1. The van der Waals surface area contributed by atoms with Crippen molar-refractivity contribution in [1.29, 1.82) is 0 Å². The molecule has 4 nitrogen and oxygen atoms in total. The van der Waals surface area contributed by atoms with Gasteiger partial charge >= 0.3 is 0 Å². The first-order valence-electron chi connectivity index (χ1n) is 6.69. The summed E-state index contributed by atoms with van der Waals surface area (Å²) in [6, 6.07) is 2.08. The summed E-state index contributed by atoms with van der Waals surface area (Å²) < 4.78 is 0. The molecule has 1 aromatic heterocycles. The summed E-state index contributed by atoms with van der Waals surface area (Å²) in [4.78, 5) is 26.7. The molecule has 0 aliphatic heterocycles. The van der Waals surface area contributed by atoms with Crippen LogP contribution in [0.2, 0.25) is 0 Å². The maximum atomic E-state index is 12.0. The molecule has 1 fully saturated rings. The summed E-state index contributed by atoms with van der Waals surface area (Å²) in [5.74, 6) is 0.405. The average Bonchev–Trinajstić information content (AvgIpc) is 3.12. The van der Waals surface area contributed by atoms with E-state index in [9.17, 15) is 9.59 Å². The van der Waals surface area contributed by atoms with Crippen molar-refractivity contribution < 1.29 is 4.79 Å². The lowest BCUT2D eigenvalue weighted by Gasteiger charge is -2.21. The fourth-order valence-corrected chi connectivity index (χ4v) is 2.54. The van der Waals surface area contributed by atoms with Crippen LogP contribution in [0, 0.1) is 5.92 Å². The number of H-pyrrole nitrogens is 1. The highest BCUT2D eigenvalue weighted by atomic mass is 16.2. The zero-order valence-electron chi connectivity index (χ0n) is 10.6. The standard InChI is InChI=1S/C14H18N2O2/c1-8-2-5-12-9(6-8)7-11(14(18)16-12)13(17)15-10-3-4-10/h7-8,10H,2-6H2,1H3,(H,15,17)(H,16,18). The molecule has 96 valence electrons. The molecule has 2 N–H and O–H groups in total. The second kappa shape index (κ2) is 4.26. The van der Waals surface area contributed by atoms with E-state index in [4.69, 9.17) is 0 Å². The summed E-state index contributed by atoms with van der Waals surface area (Å²) in [5.41, 5.74) is 2.17. The van der Waals surface area contributed by atoms with Crippen molar-refractivity contribution in [2.24, 2.45) is 5.92 Å². The highest BCUT2D eigenvalue weighted by molar-refractivity contribution is 5.94. The third-order valence-electron chi connectivity index (χ3n) is 3.83. The monoisotopic (exact) mass is 246 g/mol. The molecule has 1 atom stereocenters. The first kappa shape index (κ1) is 11.5. The first-order valence-corrected chi connectivity index (χ1v) is 6.69. The van der Waals surface area contributed by atoms with E-state index in [-0.39, 0.29) is 23.1 Å². The van der Waals surface area contributed by atoms with Gasteiger partial charge in [-0.1, -0.05) is 6.92 Å². The molecule has 1 heterocycles. The van der Waals surface area contributed by atoms with Gasteiger partial charge in [0.25, 0.3) is 11.5 Å². The van der Waals surface area contributed by atoms with Crippen LogP contribution in [-0.2, 0) is 12.8 Å². The minimum Gasteiger partial charge on any atom is -0.349 e. The Balaban J connectivity index is 1.92. The summed E-state index contributed by atoms with van der Waals surface area (Å²) in [6.07, 6.45) is 5.04. The van der Waals surface area contributed by atoms with Crippen molar-refractivity contribution in [2.45, 2.75) is 45.1 Å². The van der Waals surface area contributed by atoms with Crippen molar-refractivity contribution in [3.63, 3.8) is 0 Å². The van der Waals surface area contributed by atoms with E-state index < -0.39 is 0 Å². The number of rotatable bonds is 2. The number of amides is 1. The molecule has 1 saturated carbocycles. The lowest BCUT2D eigenvalue weighted by Crippen LogP contribution is -2.32. The normalized spacial score (nSPS) is 22.4. The van der Waals surface area contributed by atoms with E-state index in [0.29, 0.717) is 5.92 Å². The number of aryl methyl sites for hydroxylation is 1. The van der Waals surface area contributed by atoms with E-state index in [1.54, 1.807) is 6.07 Å². The fourth-order valence-electron chi connectivity index (χ4n) is 2.54. The maximum Gasteiger partial charge on any atom is 0.261 e. The zero-order chi connectivity index (χ0) is 12.7. The quantitative estimate of drug-likeness (QED) is 0.828. The highest BCUT2D eigenvalue weighted by Gasteiger charge is 2.26. The minimum atomic E-state index is -0.249. The van der Waals surface area contributed by atoms with Crippen LogP contribution in [0.3, 0.4) is 0 Å². The smallest absolute Gasteiger partial charge is 0.261 e. The molecule has 1 amide bonds. The van der Waals surface area contributed by atoms with Gasteiger partial charge in [-0.2, -0.15) is 0 Å². The van der Waals surface area contributed by atoms with Gasteiger partial charge in [-0.3, -0.25) is 9.59 Å². The third kappa shape index (κ3) is 2.19. The number of carbonyl (C=O) groups is 1. The largest absolute Gasteiger partial charge is 0.349 e. The molecule has 1 aromatic rings. The number of nitrogens with one attached hydrogen (secondary N) is 2. The SMILES string of the molecule is CC1CCc2[nH]c(=O)c(C(=O)NC3CC3)cc2C1. The lowest BCUT2D eigenvalue weighted by atomic mass is 9.87. The number of aromatic nitrogens is 1. The van der Waals surface area contributed by atoms with E-state index in [1.165, 1.54) is 0 Å². The summed E-state index contributed by atoms with van der Waals surface area (Å²) >= 11 is 0. The molecule has 0 saturated heterocycles.